The Balaban J connectivity index is 1.94. The maximum Gasteiger partial charge on any atom is 0.0409 e. The topological polar surface area (TPSA) is 29.3 Å². The molecule has 0 saturated carbocycles. The third kappa shape index (κ3) is 2.21. The third-order valence-corrected chi connectivity index (χ3v) is 2.52. The monoisotopic (exact) mass is 196 g/mol. The van der Waals surface area contributed by atoms with E-state index in [0.717, 1.165) is 24.7 Å². The Morgan fingerprint density at radius 1 is 1.46 bits per heavy atom. The van der Waals surface area contributed by atoms with Crippen molar-refractivity contribution in [2.75, 3.05) is 13.1 Å². The molecular formula is C10H13ClN2. The number of nitrogens with zero attached hydrogens (tertiary/aromatic N) is 1. The van der Waals surface area contributed by atoms with Gasteiger partial charge in [0.1, 0.15) is 0 Å². The van der Waals surface area contributed by atoms with Crippen LogP contribution in [-0.4, -0.2) is 24.0 Å². The number of hydrogen-bond donors (Lipinski definition) is 1. The third-order valence-electron chi connectivity index (χ3n) is 2.28. The van der Waals surface area contributed by atoms with Crippen LogP contribution in [-0.2, 0) is 6.54 Å². The Hall–Kier alpha value is -0.570. The first-order valence-corrected chi connectivity index (χ1v) is 4.84. The maximum atomic E-state index is 5.87. The number of rotatable bonds is 2. The lowest BCUT2D eigenvalue weighted by Crippen LogP contribution is -2.54. The lowest BCUT2D eigenvalue weighted by molar-refractivity contribution is 0.142. The molecule has 1 aromatic rings. The first-order valence-electron chi connectivity index (χ1n) is 4.46. The Bertz CT molecular complexity index is 295. The van der Waals surface area contributed by atoms with Crippen LogP contribution in [0.25, 0.3) is 0 Å². The molecular weight excluding hydrogens is 184 g/mol. The van der Waals surface area contributed by atoms with E-state index in [1.807, 2.05) is 18.2 Å². The Labute approximate surface area is 83.3 Å². The second-order valence-electron chi connectivity index (χ2n) is 3.58. The molecule has 0 amide bonds. The van der Waals surface area contributed by atoms with E-state index in [1.165, 1.54) is 5.56 Å². The highest BCUT2D eigenvalue weighted by atomic mass is 35.5. The van der Waals surface area contributed by atoms with E-state index < -0.39 is 0 Å². The number of halogens is 1. The van der Waals surface area contributed by atoms with E-state index in [1.54, 1.807) is 0 Å². The largest absolute Gasteiger partial charge is 0.325 e. The second kappa shape index (κ2) is 3.66. The lowest BCUT2D eigenvalue weighted by Gasteiger charge is -2.36. The molecule has 13 heavy (non-hydrogen) atoms. The molecule has 0 unspecified atom stereocenters. The van der Waals surface area contributed by atoms with Crippen LogP contribution in [0.1, 0.15) is 5.56 Å². The molecule has 0 atom stereocenters. The zero-order chi connectivity index (χ0) is 9.26. The van der Waals surface area contributed by atoms with Crippen LogP contribution in [0.4, 0.5) is 0 Å². The highest BCUT2D eigenvalue weighted by Gasteiger charge is 2.22. The molecule has 2 rings (SSSR count). The van der Waals surface area contributed by atoms with Gasteiger partial charge in [-0.15, -0.1) is 0 Å². The van der Waals surface area contributed by atoms with E-state index in [-0.39, 0.29) is 0 Å². The fourth-order valence-electron chi connectivity index (χ4n) is 1.63. The molecule has 0 aliphatic carbocycles. The zero-order valence-electron chi connectivity index (χ0n) is 7.41. The molecule has 2 N–H and O–H groups in total. The van der Waals surface area contributed by atoms with Gasteiger partial charge in [0.15, 0.2) is 0 Å². The molecule has 1 aromatic carbocycles. The predicted octanol–water partition coefficient (Wildman–Crippen LogP) is 1.48. The van der Waals surface area contributed by atoms with Gasteiger partial charge in [0, 0.05) is 30.7 Å². The van der Waals surface area contributed by atoms with E-state index in [9.17, 15) is 0 Å². The van der Waals surface area contributed by atoms with E-state index in [4.69, 9.17) is 17.3 Å². The molecule has 0 spiro atoms. The van der Waals surface area contributed by atoms with Crippen molar-refractivity contribution in [3.8, 4) is 0 Å². The van der Waals surface area contributed by atoms with Crippen LogP contribution in [0.5, 0.6) is 0 Å². The minimum Gasteiger partial charge on any atom is -0.325 e. The van der Waals surface area contributed by atoms with Crippen LogP contribution in [0, 0.1) is 0 Å². The van der Waals surface area contributed by atoms with Crippen LogP contribution >= 0.6 is 11.6 Å². The van der Waals surface area contributed by atoms with Crippen LogP contribution < -0.4 is 5.73 Å². The molecule has 0 aromatic heterocycles. The normalized spacial score (nSPS) is 18.6. The number of hydrogen-bond acceptors (Lipinski definition) is 2. The van der Waals surface area contributed by atoms with Crippen LogP contribution in [0.15, 0.2) is 24.3 Å². The molecule has 1 saturated heterocycles. The Morgan fingerprint density at radius 2 is 2.23 bits per heavy atom. The molecule has 70 valence electrons. The van der Waals surface area contributed by atoms with Gasteiger partial charge in [-0.2, -0.15) is 0 Å². The SMILES string of the molecule is NC1CN(Cc2cccc(Cl)c2)C1. The summed E-state index contributed by atoms with van der Waals surface area (Å²) in [6.45, 7) is 2.98. The van der Waals surface area contributed by atoms with Crippen molar-refractivity contribution >= 4 is 11.6 Å². The summed E-state index contributed by atoms with van der Waals surface area (Å²) in [5.74, 6) is 0. The summed E-state index contributed by atoms with van der Waals surface area (Å²) in [7, 11) is 0. The first kappa shape index (κ1) is 9.00. The Morgan fingerprint density at radius 3 is 2.85 bits per heavy atom. The van der Waals surface area contributed by atoms with Gasteiger partial charge in [-0.05, 0) is 17.7 Å². The minimum atomic E-state index is 0.374. The van der Waals surface area contributed by atoms with Gasteiger partial charge >= 0.3 is 0 Å². The van der Waals surface area contributed by atoms with Gasteiger partial charge in [0.2, 0.25) is 0 Å². The summed E-state index contributed by atoms with van der Waals surface area (Å²) in [6.07, 6.45) is 0. The standard InChI is InChI=1S/C10H13ClN2/c11-9-3-1-2-8(4-9)5-13-6-10(12)7-13/h1-4,10H,5-7,12H2. The number of nitrogens with two attached hydrogens (primary N) is 1. The Kier molecular flexibility index (Phi) is 2.54. The molecule has 2 nitrogen and oxygen atoms in total. The predicted molar refractivity (Wildman–Crippen MR) is 54.7 cm³/mol. The first-order chi connectivity index (χ1) is 6.24. The van der Waals surface area contributed by atoms with Gasteiger partial charge in [0.05, 0.1) is 0 Å². The molecule has 1 aliphatic heterocycles. The fraction of sp³-hybridized carbons (Fsp3) is 0.400. The zero-order valence-corrected chi connectivity index (χ0v) is 8.17. The average Bonchev–Trinajstić information content (AvgIpc) is 2.01. The molecule has 1 heterocycles. The summed E-state index contributed by atoms with van der Waals surface area (Å²) in [5.41, 5.74) is 6.95. The van der Waals surface area contributed by atoms with E-state index >= 15 is 0 Å². The smallest absolute Gasteiger partial charge is 0.0409 e. The average molecular weight is 197 g/mol. The van der Waals surface area contributed by atoms with Gasteiger partial charge in [0.25, 0.3) is 0 Å². The highest BCUT2D eigenvalue weighted by molar-refractivity contribution is 6.30. The molecule has 0 radical (unpaired) electrons. The lowest BCUT2D eigenvalue weighted by atomic mass is 10.1. The minimum absolute atomic E-state index is 0.374. The number of benzene rings is 1. The molecule has 1 aliphatic rings. The van der Waals surface area contributed by atoms with Gasteiger partial charge in [-0.25, -0.2) is 0 Å². The van der Waals surface area contributed by atoms with Crippen molar-refractivity contribution in [1.82, 2.24) is 4.90 Å². The summed E-state index contributed by atoms with van der Waals surface area (Å²) < 4.78 is 0. The summed E-state index contributed by atoms with van der Waals surface area (Å²) >= 11 is 5.87. The summed E-state index contributed by atoms with van der Waals surface area (Å²) in [4.78, 5) is 2.32. The van der Waals surface area contributed by atoms with Gasteiger partial charge < -0.3 is 5.73 Å². The van der Waals surface area contributed by atoms with Crippen molar-refractivity contribution < 1.29 is 0 Å². The van der Waals surface area contributed by atoms with E-state index in [2.05, 4.69) is 11.0 Å². The fourth-order valence-corrected chi connectivity index (χ4v) is 1.85. The highest BCUT2D eigenvalue weighted by Crippen LogP contribution is 2.15. The van der Waals surface area contributed by atoms with Crippen LogP contribution in [0.2, 0.25) is 5.02 Å². The van der Waals surface area contributed by atoms with Gasteiger partial charge in [-0.3, -0.25) is 4.90 Å². The van der Waals surface area contributed by atoms with Crippen molar-refractivity contribution in [2.45, 2.75) is 12.6 Å². The van der Waals surface area contributed by atoms with Crippen molar-refractivity contribution in [1.29, 1.82) is 0 Å². The molecule has 0 bridgehead atoms. The van der Waals surface area contributed by atoms with Crippen molar-refractivity contribution in [3.05, 3.63) is 34.9 Å². The van der Waals surface area contributed by atoms with Crippen LogP contribution in [0.3, 0.4) is 0 Å². The quantitative estimate of drug-likeness (QED) is 0.777. The van der Waals surface area contributed by atoms with E-state index in [0.29, 0.717) is 6.04 Å². The second-order valence-corrected chi connectivity index (χ2v) is 4.02. The summed E-state index contributed by atoms with van der Waals surface area (Å²) in [5, 5.41) is 0.808. The van der Waals surface area contributed by atoms with Crippen molar-refractivity contribution in [2.24, 2.45) is 5.73 Å². The number of likely N-dealkylation sites (tertiary alicyclic amines) is 1. The molecule has 1 fully saturated rings. The summed E-state index contributed by atoms with van der Waals surface area (Å²) in [6, 6.07) is 8.35. The van der Waals surface area contributed by atoms with Gasteiger partial charge in [-0.1, -0.05) is 23.7 Å². The van der Waals surface area contributed by atoms with Crippen molar-refractivity contribution in [3.63, 3.8) is 0 Å². The molecule has 3 heteroatoms. The maximum absolute atomic E-state index is 5.87.